The van der Waals surface area contributed by atoms with Gasteiger partial charge in [0.2, 0.25) is 0 Å². The van der Waals surface area contributed by atoms with Crippen LogP contribution in [0.25, 0.3) is 28.3 Å². The quantitative estimate of drug-likeness (QED) is 0.504. The summed E-state index contributed by atoms with van der Waals surface area (Å²) < 4.78 is 13.3. The Hall–Kier alpha value is -3.59. The molecule has 156 valence electrons. The van der Waals surface area contributed by atoms with E-state index in [-0.39, 0.29) is 0 Å². The SMILES string of the molecule is CC[C@@]12COCCN1c1nc(-c3conc3-c3ccccc3)ncc1-n1c(C)nnc12. The van der Waals surface area contributed by atoms with Crippen molar-refractivity contribution in [3.8, 4) is 28.3 Å². The molecule has 0 saturated carbocycles. The van der Waals surface area contributed by atoms with Gasteiger partial charge in [0.05, 0.1) is 25.0 Å². The van der Waals surface area contributed by atoms with E-state index in [1.54, 1.807) is 6.26 Å². The Balaban J connectivity index is 1.55. The third-order valence-corrected chi connectivity index (χ3v) is 6.25. The standard InChI is InChI=1S/C22H21N7O2/c1-3-22-13-30-10-9-28(22)20-17(29-14(2)25-26-21(22)29)11-23-19(24-20)16-12-31-27-18(16)15-7-5-4-6-8-15/h4-8,11-12H,3,9-10,13H2,1-2H3/t22-/m0/s1. The summed E-state index contributed by atoms with van der Waals surface area (Å²) in [5, 5.41) is 13.1. The van der Waals surface area contributed by atoms with Crippen molar-refractivity contribution in [1.29, 1.82) is 0 Å². The van der Waals surface area contributed by atoms with Crippen LogP contribution in [0.15, 0.2) is 47.3 Å². The molecule has 0 N–H and O–H groups in total. The number of hydrogen-bond acceptors (Lipinski definition) is 8. The van der Waals surface area contributed by atoms with Crippen LogP contribution in [0, 0.1) is 6.92 Å². The molecule has 0 bridgehead atoms. The number of fused-ring (bicyclic) bond motifs is 6. The highest BCUT2D eigenvalue weighted by atomic mass is 16.5. The first-order valence-electron chi connectivity index (χ1n) is 10.4. The van der Waals surface area contributed by atoms with Gasteiger partial charge in [-0.15, -0.1) is 10.2 Å². The van der Waals surface area contributed by atoms with E-state index in [4.69, 9.17) is 14.2 Å². The first-order valence-corrected chi connectivity index (χ1v) is 10.4. The molecule has 3 aromatic heterocycles. The summed E-state index contributed by atoms with van der Waals surface area (Å²) in [4.78, 5) is 12.0. The zero-order valence-corrected chi connectivity index (χ0v) is 17.3. The molecular formula is C22H21N7O2. The van der Waals surface area contributed by atoms with E-state index in [1.807, 2.05) is 43.5 Å². The molecule has 0 radical (unpaired) electrons. The topological polar surface area (TPSA) is 95.0 Å². The van der Waals surface area contributed by atoms with Gasteiger partial charge in [0, 0.05) is 12.1 Å². The number of aromatic nitrogens is 6. The van der Waals surface area contributed by atoms with Crippen LogP contribution in [0.5, 0.6) is 0 Å². The number of nitrogens with zero attached hydrogens (tertiary/aromatic N) is 7. The lowest BCUT2D eigenvalue weighted by Crippen LogP contribution is -2.58. The highest BCUT2D eigenvalue weighted by molar-refractivity contribution is 5.78. The molecular weight excluding hydrogens is 394 g/mol. The molecule has 1 atom stereocenters. The molecule has 2 aliphatic heterocycles. The lowest BCUT2D eigenvalue weighted by Gasteiger charge is -2.49. The Morgan fingerprint density at radius 3 is 2.87 bits per heavy atom. The Bertz CT molecular complexity index is 1270. The van der Waals surface area contributed by atoms with Crippen LogP contribution in [-0.4, -0.2) is 49.6 Å². The molecule has 6 rings (SSSR count). The van der Waals surface area contributed by atoms with Gasteiger partial charge in [0.1, 0.15) is 29.0 Å². The molecule has 9 heteroatoms. The lowest BCUT2D eigenvalue weighted by atomic mass is 9.90. The smallest absolute Gasteiger partial charge is 0.167 e. The van der Waals surface area contributed by atoms with Gasteiger partial charge in [-0.05, 0) is 13.3 Å². The van der Waals surface area contributed by atoms with E-state index < -0.39 is 5.54 Å². The van der Waals surface area contributed by atoms with Gasteiger partial charge in [-0.1, -0.05) is 42.4 Å². The van der Waals surface area contributed by atoms with Crippen LogP contribution in [0.3, 0.4) is 0 Å². The predicted octanol–water partition coefficient (Wildman–Crippen LogP) is 3.14. The molecule has 1 fully saturated rings. The minimum absolute atomic E-state index is 0.408. The van der Waals surface area contributed by atoms with Crippen molar-refractivity contribution in [2.75, 3.05) is 24.7 Å². The number of aryl methyl sites for hydroxylation is 1. The fourth-order valence-electron chi connectivity index (χ4n) is 4.64. The second-order valence-corrected chi connectivity index (χ2v) is 7.84. The van der Waals surface area contributed by atoms with Crippen LogP contribution < -0.4 is 4.90 Å². The van der Waals surface area contributed by atoms with Crippen molar-refractivity contribution in [3.63, 3.8) is 0 Å². The third kappa shape index (κ3) is 2.50. The number of rotatable bonds is 3. The molecule has 1 saturated heterocycles. The summed E-state index contributed by atoms with van der Waals surface area (Å²) in [5.41, 5.74) is 2.91. The van der Waals surface area contributed by atoms with E-state index in [0.29, 0.717) is 19.0 Å². The molecule has 0 amide bonds. The second kappa shape index (κ2) is 6.71. The summed E-state index contributed by atoms with van der Waals surface area (Å²) in [6, 6.07) is 9.91. The van der Waals surface area contributed by atoms with Crippen molar-refractivity contribution < 1.29 is 9.26 Å². The summed E-state index contributed by atoms with van der Waals surface area (Å²) in [7, 11) is 0. The second-order valence-electron chi connectivity index (χ2n) is 7.84. The van der Waals surface area contributed by atoms with Crippen LogP contribution in [0.2, 0.25) is 0 Å². The van der Waals surface area contributed by atoms with E-state index in [2.05, 4.69) is 36.7 Å². The first kappa shape index (κ1) is 18.2. The summed E-state index contributed by atoms with van der Waals surface area (Å²) in [6.07, 6.45) is 4.27. The Labute approximate surface area is 178 Å². The summed E-state index contributed by atoms with van der Waals surface area (Å²) in [6.45, 7) is 6.00. The molecule has 0 unspecified atom stereocenters. The van der Waals surface area contributed by atoms with Crippen molar-refractivity contribution in [1.82, 2.24) is 29.9 Å². The van der Waals surface area contributed by atoms with E-state index in [9.17, 15) is 0 Å². The minimum Gasteiger partial charge on any atom is -0.377 e. The summed E-state index contributed by atoms with van der Waals surface area (Å²) >= 11 is 0. The van der Waals surface area contributed by atoms with Gasteiger partial charge in [-0.3, -0.25) is 4.57 Å². The maximum absolute atomic E-state index is 5.90. The third-order valence-electron chi connectivity index (χ3n) is 6.25. The zero-order valence-electron chi connectivity index (χ0n) is 17.3. The average molecular weight is 415 g/mol. The van der Waals surface area contributed by atoms with Gasteiger partial charge in [0.25, 0.3) is 0 Å². The van der Waals surface area contributed by atoms with Crippen molar-refractivity contribution in [3.05, 3.63) is 54.4 Å². The molecule has 31 heavy (non-hydrogen) atoms. The van der Waals surface area contributed by atoms with Gasteiger partial charge in [0.15, 0.2) is 17.5 Å². The molecule has 4 aromatic rings. The number of benzene rings is 1. The van der Waals surface area contributed by atoms with E-state index in [0.717, 1.165) is 52.9 Å². The Kier molecular flexibility index (Phi) is 3.94. The number of anilines is 1. The van der Waals surface area contributed by atoms with Gasteiger partial charge in [-0.2, -0.15) is 0 Å². The largest absolute Gasteiger partial charge is 0.377 e. The molecule has 1 aromatic carbocycles. The van der Waals surface area contributed by atoms with E-state index in [1.165, 1.54) is 0 Å². The number of morpholine rings is 1. The fourth-order valence-corrected chi connectivity index (χ4v) is 4.64. The molecule has 9 nitrogen and oxygen atoms in total. The zero-order chi connectivity index (χ0) is 21.0. The van der Waals surface area contributed by atoms with Crippen LogP contribution in [-0.2, 0) is 10.3 Å². The monoisotopic (exact) mass is 415 g/mol. The Morgan fingerprint density at radius 1 is 1.16 bits per heavy atom. The van der Waals surface area contributed by atoms with Crippen LogP contribution in [0.4, 0.5) is 5.82 Å². The van der Waals surface area contributed by atoms with E-state index >= 15 is 0 Å². The van der Waals surface area contributed by atoms with Crippen molar-refractivity contribution in [2.24, 2.45) is 0 Å². The van der Waals surface area contributed by atoms with Crippen LogP contribution in [0.1, 0.15) is 25.0 Å². The lowest BCUT2D eigenvalue weighted by molar-refractivity contribution is 0.0390. The van der Waals surface area contributed by atoms with Gasteiger partial charge < -0.3 is 14.2 Å². The maximum Gasteiger partial charge on any atom is 0.167 e. The molecule has 2 aliphatic rings. The highest BCUT2D eigenvalue weighted by Crippen LogP contribution is 2.45. The van der Waals surface area contributed by atoms with Crippen molar-refractivity contribution in [2.45, 2.75) is 25.8 Å². The Morgan fingerprint density at radius 2 is 2.03 bits per heavy atom. The minimum atomic E-state index is -0.408. The predicted molar refractivity (Wildman–Crippen MR) is 113 cm³/mol. The molecule has 0 spiro atoms. The highest BCUT2D eigenvalue weighted by Gasteiger charge is 2.49. The average Bonchev–Trinajstić information content (AvgIpc) is 3.47. The number of ether oxygens (including phenoxy) is 1. The number of hydrogen-bond donors (Lipinski definition) is 0. The van der Waals surface area contributed by atoms with Crippen molar-refractivity contribution >= 4 is 5.82 Å². The fraction of sp³-hybridized carbons (Fsp3) is 0.318. The normalized spacial score (nSPS) is 19.6. The van der Waals surface area contributed by atoms with Crippen LogP contribution >= 0.6 is 0 Å². The molecule has 0 aliphatic carbocycles. The first-order chi connectivity index (χ1) is 15.2. The molecule has 5 heterocycles. The summed E-state index contributed by atoms with van der Waals surface area (Å²) in [5.74, 6) is 3.11. The van der Waals surface area contributed by atoms with Gasteiger partial charge in [-0.25, -0.2) is 9.97 Å². The van der Waals surface area contributed by atoms with Gasteiger partial charge >= 0.3 is 0 Å². The maximum atomic E-state index is 5.90.